The maximum Gasteiger partial charge on any atom is 0.135 e. The van der Waals surface area contributed by atoms with Crippen molar-refractivity contribution in [1.82, 2.24) is 0 Å². The Hall–Kier alpha value is -1.16. The Morgan fingerprint density at radius 3 is 2.71 bits per heavy atom. The van der Waals surface area contributed by atoms with E-state index in [1.165, 1.54) is 13.2 Å². The summed E-state index contributed by atoms with van der Waals surface area (Å²) in [5, 5.41) is 3.53. The van der Waals surface area contributed by atoms with Crippen LogP contribution in [0.25, 0.3) is 0 Å². The van der Waals surface area contributed by atoms with Crippen LogP contribution in [0.1, 0.15) is 5.56 Å². The Bertz CT molecular complexity index is 355. The molecule has 2 nitrogen and oxygen atoms in total. The first-order valence-electron chi connectivity index (χ1n) is 3.80. The van der Waals surface area contributed by atoms with Gasteiger partial charge in [0.15, 0.2) is 0 Å². The highest BCUT2D eigenvalue weighted by Gasteiger charge is 2.10. The van der Waals surface area contributed by atoms with E-state index in [1.54, 1.807) is 0 Å². The third-order valence-corrected chi connectivity index (χ3v) is 1.82. The van der Waals surface area contributed by atoms with E-state index in [2.05, 4.69) is 9.99 Å². The molecular formula is C9H8ClF2NO. The number of hydrogen-bond donors (Lipinski definition) is 0. The van der Waals surface area contributed by atoms with Gasteiger partial charge in [0.25, 0.3) is 0 Å². The van der Waals surface area contributed by atoms with E-state index in [0.29, 0.717) is 0 Å². The van der Waals surface area contributed by atoms with Gasteiger partial charge in [-0.2, -0.15) is 0 Å². The lowest BCUT2D eigenvalue weighted by atomic mass is 10.1. The number of halogens is 3. The lowest BCUT2D eigenvalue weighted by Gasteiger charge is -2.03. The maximum absolute atomic E-state index is 13.2. The summed E-state index contributed by atoms with van der Waals surface area (Å²) in [5.41, 5.74) is 0.370. The first kappa shape index (κ1) is 10.9. The second-order valence-corrected chi connectivity index (χ2v) is 2.75. The monoisotopic (exact) mass is 219 g/mol. The Morgan fingerprint density at radius 2 is 2.21 bits per heavy atom. The maximum atomic E-state index is 13.2. The summed E-state index contributed by atoms with van der Waals surface area (Å²) in [4.78, 5) is 4.48. The van der Waals surface area contributed by atoms with Crippen molar-refractivity contribution in [3.63, 3.8) is 0 Å². The van der Waals surface area contributed by atoms with Gasteiger partial charge in [-0.15, -0.1) is 11.6 Å². The topological polar surface area (TPSA) is 21.6 Å². The van der Waals surface area contributed by atoms with Crippen molar-refractivity contribution in [1.29, 1.82) is 0 Å². The summed E-state index contributed by atoms with van der Waals surface area (Å²) in [6.45, 7) is 0. The third-order valence-electron chi connectivity index (χ3n) is 1.57. The molecular weight excluding hydrogens is 212 g/mol. The summed E-state index contributed by atoms with van der Waals surface area (Å²) in [6, 6.07) is 3.17. The zero-order chi connectivity index (χ0) is 10.6. The van der Waals surface area contributed by atoms with Crippen LogP contribution in [0, 0.1) is 11.6 Å². The third kappa shape index (κ3) is 2.42. The first-order chi connectivity index (χ1) is 6.69. The summed E-state index contributed by atoms with van der Waals surface area (Å²) in [6.07, 6.45) is 0. The molecule has 0 spiro atoms. The highest BCUT2D eigenvalue weighted by atomic mass is 35.5. The van der Waals surface area contributed by atoms with Crippen molar-refractivity contribution in [2.75, 3.05) is 13.0 Å². The average Bonchev–Trinajstić information content (AvgIpc) is 2.15. The van der Waals surface area contributed by atoms with Crippen LogP contribution in [-0.2, 0) is 4.84 Å². The van der Waals surface area contributed by atoms with Gasteiger partial charge in [0.05, 0.1) is 5.88 Å². The molecule has 0 bridgehead atoms. The standard InChI is InChI=1S/C9H8ClF2NO/c1-14-13-9(5-10)7-3-2-6(11)4-8(7)12/h2-4H,5H2,1H3/b13-9-. The Morgan fingerprint density at radius 1 is 1.50 bits per heavy atom. The van der Waals surface area contributed by atoms with Gasteiger partial charge in [-0.3, -0.25) is 0 Å². The molecule has 0 heterocycles. The van der Waals surface area contributed by atoms with Crippen LogP contribution in [0.2, 0.25) is 0 Å². The Balaban J connectivity index is 3.11. The van der Waals surface area contributed by atoms with Gasteiger partial charge in [-0.25, -0.2) is 8.78 Å². The molecule has 0 aromatic heterocycles. The van der Waals surface area contributed by atoms with Gasteiger partial charge in [0.1, 0.15) is 24.5 Å². The summed E-state index contributed by atoms with van der Waals surface area (Å²) >= 11 is 5.52. The van der Waals surface area contributed by atoms with Gasteiger partial charge >= 0.3 is 0 Å². The highest BCUT2D eigenvalue weighted by molar-refractivity contribution is 6.31. The fourth-order valence-electron chi connectivity index (χ4n) is 0.979. The molecule has 0 aliphatic rings. The van der Waals surface area contributed by atoms with E-state index in [0.717, 1.165) is 12.1 Å². The molecule has 1 aromatic rings. The molecule has 1 aromatic carbocycles. The Kier molecular flexibility index (Phi) is 3.83. The van der Waals surface area contributed by atoms with Crippen LogP contribution >= 0.6 is 11.6 Å². The zero-order valence-corrected chi connectivity index (χ0v) is 8.18. The van der Waals surface area contributed by atoms with Crippen LogP contribution in [-0.4, -0.2) is 18.7 Å². The first-order valence-corrected chi connectivity index (χ1v) is 4.34. The summed E-state index contributed by atoms with van der Waals surface area (Å²) in [7, 11) is 1.33. The Labute approximate surface area is 85.1 Å². The number of rotatable bonds is 3. The molecule has 5 heteroatoms. The fourth-order valence-corrected chi connectivity index (χ4v) is 1.17. The van der Waals surface area contributed by atoms with Crippen LogP contribution in [0.5, 0.6) is 0 Å². The number of alkyl halides is 1. The molecule has 0 aliphatic heterocycles. The van der Waals surface area contributed by atoms with E-state index in [-0.39, 0.29) is 17.2 Å². The molecule has 0 aliphatic carbocycles. The molecule has 0 saturated heterocycles. The van der Waals surface area contributed by atoms with Gasteiger partial charge < -0.3 is 4.84 Å². The van der Waals surface area contributed by atoms with Crippen molar-refractivity contribution < 1.29 is 13.6 Å². The van der Waals surface area contributed by atoms with Crippen molar-refractivity contribution in [3.8, 4) is 0 Å². The second-order valence-electron chi connectivity index (χ2n) is 2.48. The smallest absolute Gasteiger partial charge is 0.135 e. The van der Waals surface area contributed by atoms with Gasteiger partial charge in [0, 0.05) is 11.6 Å². The molecule has 1 rings (SSSR count). The molecule has 0 atom stereocenters. The quantitative estimate of drug-likeness (QED) is 0.435. The predicted octanol–water partition coefficient (Wildman–Crippen LogP) is 2.55. The molecule has 0 saturated carbocycles. The van der Waals surface area contributed by atoms with Gasteiger partial charge in [-0.1, -0.05) is 5.16 Å². The summed E-state index contributed by atoms with van der Waals surface area (Å²) in [5.74, 6) is -1.35. The number of hydrogen-bond acceptors (Lipinski definition) is 2. The van der Waals surface area contributed by atoms with E-state index < -0.39 is 11.6 Å². The van der Waals surface area contributed by atoms with Gasteiger partial charge in [-0.05, 0) is 12.1 Å². The normalized spacial score (nSPS) is 11.6. The lowest BCUT2D eigenvalue weighted by Crippen LogP contribution is -2.06. The molecule has 0 fully saturated rings. The lowest BCUT2D eigenvalue weighted by molar-refractivity contribution is 0.213. The number of oxime groups is 1. The van der Waals surface area contributed by atoms with Crippen molar-refractivity contribution in [3.05, 3.63) is 35.4 Å². The van der Waals surface area contributed by atoms with E-state index >= 15 is 0 Å². The summed E-state index contributed by atoms with van der Waals surface area (Å²) < 4.78 is 25.7. The van der Waals surface area contributed by atoms with E-state index in [4.69, 9.17) is 11.6 Å². The zero-order valence-electron chi connectivity index (χ0n) is 7.43. The van der Waals surface area contributed by atoms with Crippen molar-refractivity contribution in [2.24, 2.45) is 5.16 Å². The second kappa shape index (κ2) is 4.91. The minimum absolute atomic E-state index is 0.00358. The minimum Gasteiger partial charge on any atom is -0.399 e. The SMILES string of the molecule is CO/N=C(/CCl)c1ccc(F)cc1F. The van der Waals surface area contributed by atoms with Crippen molar-refractivity contribution >= 4 is 17.3 Å². The minimum atomic E-state index is -0.707. The fraction of sp³-hybridized carbons (Fsp3) is 0.222. The molecule has 0 amide bonds. The van der Waals surface area contributed by atoms with Crippen LogP contribution in [0.3, 0.4) is 0 Å². The van der Waals surface area contributed by atoms with Crippen LogP contribution in [0.4, 0.5) is 8.78 Å². The predicted molar refractivity (Wildman–Crippen MR) is 50.6 cm³/mol. The molecule has 0 unspecified atom stereocenters. The molecule has 0 radical (unpaired) electrons. The largest absolute Gasteiger partial charge is 0.399 e. The number of benzene rings is 1. The number of nitrogens with zero attached hydrogens (tertiary/aromatic N) is 1. The van der Waals surface area contributed by atoms with Crippen molar-refractivity contribution in [2.45, 2.75) is 0 Å². The van der Waals surface area contributed by atoms with Crippen LogP contribution < -0.4 is 0 Å². The highest BCUT2D eigenvalue weighted by Crippen LogP contribution is 2.11. The molecule has 76 valence electrons. The van der Waals surface area contributed by atoms with Crippen LogP contribution in [0.15, 0.2) is 23.4 Å². The van der Waals surface area contributed by atoms with E-state index in [1.807, 2.05) is 0 Å². The molecule has 0 N–H and O–H groups in total. The molecule has 14 heavy (non-hydrogen) atoms. The van der Waals surface area contributed by atoms with E-state index in [9.17, 15) is 8.78 Å². The average molecular weight is 220 g/mol. The van der Waals surface area contributed by atoms with Gasteiger partial charge in [0.2, 0.25) is 0 Å².